The minimum absolute atomic E-state index is 0.0227. The van der Waals surface area contributed by atoms with Crippen molar-refractivity contribution in [3.05, 3.63) is 57.2 Å². The number of phenols is 1. The summed E-state index contributed by atoms with van der Waals surface area (Å²) in [6.07, 6.45) is 1.52. The van der Waals surface area contributed by atoms with E-state index in [4.69, 9.17) is 16.3 Å². The highest BCUT2D eigenvalue weighted by molar-refractivity contribution is 9.10. The molecule has 26 heavy (non-hydrogen) atoms. The number of benzene rings is 2. The predicted molar refractivity (Wildman–Crippen MR) is 102 cm³/mol. The number of amides is 3. The molecular formula is C18H14BrClN2O4. The van der Waals surface area contributed by atoms with Crippen LogP contribution in [-0.2, 0) is 4.79 Å². The first-order valence-corrected chi connectivity index (χ1v) is 8.85. The minimum Gasteiger partial charge on any atom is -0.504 e. The molecule has 3 amide bonds. The Hall–Kier alpha value is -2.51. The van der Waals surface area contributed by atoms with E-state index in [-0.39, 0.29) is 17.2 Å². The van der Waals surface area contributed by atoms with Crippen molar-refractivity contribution < 1.29 is 19.4 Å². The molecule has 0 radical (unpaired) electrons. The van der Waals surface area contributed by atoms with E-state index >= 15 is 0 Å². The number of carbonyl (C=O) groups excluding carboxylic acids is 2. The first kappa shape index (κ1) is 18.3. The number of carbonyl (C=O) groups is 2. The molecule has 0 saturated carbocycles. The first-order valence-electron chi connectivity index (χ1n) is 7.68. The molecule has 1 fully saturated rings. The lowest BCUT2D eigenvalue weighted by Crippen LogP contribution is -2.30. The van der Waals surface area contributed by atoms with Crippen LogP contribution in [-0.4, -0.2) is 23.7 Å². The van der Waals surface area contributed by atoms with Crippen LogP contribution in [0.25, 0.3) is 6.08 Å². The van der Waals surface area contributed by atoms with Gasteiger partial charge in [-0.15, -0.1) is 0 Å². The second-order valence-electron chi connectivity index (χ2n) is 5.38. The fourth-order valence-electron chi connectivity index (χ4n) is 2.46. The van der Waals surface area contributed by atoms with Gasteiger partial charge in [-0.3, -0.25) is 4.79 Å². The Morgan fingerprint density at radius 1 is 1.27 bits per heavy atom. The summed E-state index contributed by atoms with van der Waals surface area (Å²) in [5.41, 5.74) is 1.10. The SMILES string of the molecule is CCOc1cc(/C=C2/NC(=O)N(c3ccc(Cl)cc3)C2=O)c(Br)cc1O. The van der Waals surface area contributed by atoms with Gasteiger partial charge in [0.25, 0.3) is 5.91 Å². The van der Waals surface area contributed by atoms with Crippen LogP contribution in [0.15, 0.2) is 46.6 Å². The highest BCUT2D eigenvalue weighted by Gasteiger charge is 2.35. The molecule has 2 aromatic carbocycles. The number of nitrogens with zero attached hydrogens (tertiary/aromatic N) is 1. The molecule has 6 nitrogen and oxygen atoms in total. The second kappa shape index (κ2) is 7.39. The van der Waals surface area contributed by atoms with Gasteiger partial charge in [0.15, 0.2) is 11.5 Å². The van der Waals surface area contributed by atoms with E-state index in [9.17, 15) is 14.7 Å². The molecule has 8 heteroatoms. The summed E-state index contributed by atoms with van der Waals surface area (Å²) in [7, 11) is 0. The summed E-state index contributed by atoms with van der Waals surface area (Å²) in [4.78, 5) is 25.9. The van der Waals surface area contributed by atoms with Gasteiger partial charge in [0.1, 0.15) is 5.70 Å². The maximum Gasteiger partial charge on any atom is 0.333 e. The van der Waals surface area contributed by atoms with Crippen LogP contribution in [0.1, 0.15) is 12.5 Å². The third kappa shape index (κ3) is 3.54. The Morgan fingerprint density at radius 2 is 1.96 bits per heavy atom. The standard InChI is InChI=1S/C18H14BrClN2O4/c1-2-26-16-8-10(13(19)9-15(16)23)7-14-17(24)22(18(25)21-14)12-5-3-11(20)4-6-12/h3-9,23H,2H2,1H3,(H,21,25)/b14-7+. The van der Waals surface area contributed by atoms with Gasteiger partial charge < -0.3 is 15.2 Å². The summed E-state index contributed by atoms with van der Waals surface area (Å²) in [5, 5.41) is 12.9. The van der Waals surface area contributed by atoms with Gasteiger partial charge in [0, 0.05) is 9.50 Å². The topological polar surface area (TPSA) is 78.9 Å². The molecule has 1 aliphatic rings. The van der Waals surface area contributed by atoms with Crippen LogP contribution in [0.4, 0.5) is 10.5 Å². The van der Waals surface area contributed by atoms with Crippen molar-refractivity contribution in [3.8, 4) is 11.5 Å². The Morgan fingerprint density at radius 3 is 2.62 bits per heavy atom. The van der Waals surface area contributed by atoms with Gasteiger partial charge in [-0.25, -0.2) is 9.69 Å². The number of ether oxygens (including phenoxy) is 1. The minimum atomic E-state index is -0.552. The van der Waals surface area contributed by atoms with E-state index in [0.29, 0.717) is 27.4 Å². The molecule has 0 spiro atoms. The molecule has 2 aromatic rings. The van der Waals surface area contributed by atoms with Crippen molar-refractivity contribution in [2.24, 2.45) is 0 Å². The zero-order valence-electron chi connectivity index (χ0n) is 13.6. The fraction of sp³-hybridized carbons (Fsp3) is 0.111. The van der Waals surface area contributed by atoms with Crippen LogP contribution in [0.5, 0.6) is 11.5 Å². The van der Waals surface area contributed by atoms with Crippen LogP contribution >= 0.6 is 27.5 Å². The van der Waals surface area contributed by atoms with E-state index in [1.54, 1.807) is 37.3 Å². The highest BCUT2D eigenvalue weighted by atomic mass is 79.9. The zero-order valence-corrected chi connectivity index (χ0v) is 16.0. The monoisotopic (exact) mass is 436 g/mol. The zero-order chi connectivity index (χ0) is 18.8. The molecule has 1 saturated heterocycles. The van der Waals surface area contributed by atoms with Crippen LogP contribution in [0, 0.1) is 0 Å². The van der Waals surface area contributed by atoms with Gasteiger partial charge in [-0.1, -0.05) is 27.5 Å². The third-order valence-electron chi connectivity index (χ3n) is 3.64. The third-order valence-corrected chi connectivity index (χ3v) is 4.58. The van der Waals surface area contributed by atoms with Crippen molar-refractivity contribution in [2.45, 2.75) is 6.92 Å². The number of hydrogen-bond acceptors (Lipinski definition) is 4. The number of halogens is 2. The van der Waals surface area contributed by atoms with Crippen molar-refractivity contribution in [1.82, 2.24) is 5.32 Å². The van der Waals surface area contributed by atoms with E-state index in [0.717, 1.165) is 4.90 Å². The number of anilines is 1. The molecule has 0 aliphatic carbocycles. The van der Waals surface area contributed by atoms with E-state index in [1.165, 1.54) is 12.1 Å². The van der Waals surface area contributed by atoms with Crippen molar-refractivity contribution in [3.63, 3.8) is 0 Å². The number of phenolic OH excluding ortho intramolecular Hbond substituents is 1. The molecule has 0 unspecified atom stereocenters. The normalized spacial score (nSPS) is 15.5. The molecule has 0 aromatic heterocycles. The summed E-state index contributed by atoms with van der Waals surface area (Å²) in [5.74, 6) is -0.227. The van der Waals surface area contributed by atoms with Gasteiger partial charge in [-0.05, 0) is 55.0 Å². The molecule has 0 bridgehead atoms. The van der Waals surface area contributed by atoms with Gasteiger partial charge in [0.2, 0.25) is 0 Å². The van der Waals surface area contributed by atoms with Crippen molar-refractivity contribution in [2.75, 3.05) is 11.5 Å². The number of aromatic hydroxyl groups is 1. The predicted octanol–water partition coefficient (Wildman–Crippen LogP) is 4.30. The lowest BCUT2D eigenvalue weighted by atomic mass is 10.1. The smallest absolute Gasteiger partial charge is 0.333 e. The first-order chi connectivity index (χ1) is 12.4. The van der Waals surface area contributed by atoms with Crippen LogP contribution in [0.2, 0.25) is 5.02 Å². The van der Waals surface area contributed by atoms with Crippen LogP contribution in [0.3, 0.4) is 0 Å². The number of imide groups is 1. The van der Waals surface area contributed by atoms with Gasteiger partial charge in [0.05, 0.1) is 12.3 Å². The largest absolute Gasteiger partial charge is 0.504 e. The Kier molecular flexibility index (Phi) is 5.20. The average molecular weight is 438 g/mol. The van der Waals surface area contributed by atoms with Gasteiger partial charge in [-0.2, -0.15) is 0 Å². The number of nitrogens with one attached hydrogen (secondary N) is 1. The average Bonchev–Trinajstić information content (AvgIpc) is 2.87. The van der Waals surface area contributed by atoms with Gasteiger partial charge >= 0.3 is 6.03 Å². The van der Waals surface area contributed by atoms with E-state index < -0.39 is 11.9 Å². The molecule has 2 N–H and O–H groups in total. The Labute approximate surface area is 163 Å². The number of rotatable bonds is 4. The van der Waals surface area contributed by atoms with E-state index in [1.807, 2.05) is 0 Å². The summed E-state index contributed by atoms with van der Waals surface area (Å²) < 4.78 is 5.90. The lowest BCUT2D eigenvalue weighted by molar-refractivity contribution is -0.113. The maximum absolute atomic E-state index is 12.6. The van der Waals surface area contributed by atoms with Crippen LogP contribution < -0.4 is 15.0 Å². The summed E-state index contributed by atoms with van der Waals surface area (Å²) in [6.45, 7) is 2.18. The molecular weight excluding hydrogens is 424 g/mol. The second-order valence-corrected chi connectivity index (χ2v) is 6.67. The van der Waals surface area contributed by atoms with Crippen molar-refractivity contribution >= 4 is 51.2 Å². The summed E-state index contributed by atoms with van der Waals surface area (Å²) in [6, 6.07) is 8.88. The molecule has 3 rings (SSSR count). The molecule has 0 atom stereocenters. The molecule has 134 valence electrons. The molecule has 1 heterocycles. The number of hydrogen-bond donors (Lipinski definition) is 2. The highest BCUT2D eigenvalue weighted by Crippen LogP contribution is 2.34. The van der Waals surface area contributed by atoms with Crippen molar-refractivity contribution in [1.29, 1.82) is 0 Å². The fourth-order valence-corrected chi connectivity index (χ4v) is 3.03. The Balaban J connectivity index is 1.95. The maximum atomic E-state index is 12.6. The quantitative estimate of drug-likeness (QED) is 0.552. The van der Waals surface area contributed by atoms with E-state index in [2.05, 4.69) is 21.2 Å². The molecule has 1 aliphatic heterocycles. The number of urea groups is 1. The summed E-state index contributed by atoms with van der Waals surface area (Å²) >= 11 is 9.18. The lowest BCUT2D eigenvalue weighted by Gasteiger charge is -2.11. The Bertz CT molecular complexity index is 912.